The van der Waals surface area contributed by atoms with E-state index in [0.29, 0.717) is 4.90 Å². The van der Waals surface area contributed by atoms with Gasteiger partial charge in [-0.2, -0.15) is 4.37 Å². The molecule has 2 heterocycles. The van der Waals surface area contributed by atoms with Crippen molar-refractivity contribution in [3.05, 3.63) is 0 Å². The second-order valence-corrected chi connectivity index (χ2v) is 7.56. The molecule has 2 aliphatic rings. The molecule has 17 heavy (non-hydrogen) atoms. The number of hydrogen-bond acceptors (Lipinski definition) is 6. The first-order valence-corrected chi connectivity index (χ1v) is 8.16. The van der Waals surface area contributed by atoms with Crippen LogP contribution in [-0.4, -0.2) is 31.1 Å². The molecule has 1 saturated heterocycles. The van der Waals surface area contributed by atoms with Crippen LogP contribution in [0.15, 0.2) is 4.90 Å². The Morgan fingerprint density at radius 2 is 1.94 bits per heavy atom. The molecule has 2 N–H and O–H groups in total. The van der Waals surface area contributed by atoms with Crippen LogP contribution in [0.25, 0.3) is 0 Å². The van der Waals surface area contributed by atoms with E-state index >= 15 is 0 Å². The maximum absolute atomic E-state index is 12.3. The van der Waals surface area contributed by atoms with Crippen molar-refractivity contribution >= 4 is 32.2 Å². The van der Waals surface area contributed by atoms with Crippen molar-refractivity contribution in [2.75, 3.05) is 23.7 Å². The van der Waals surface area contributed by atoms with Gasteiger partial charge in [-0.15, -0.1) is 0 Å². The molecule has 2 fully saturated rings. The molecule has 0 spiro atoms. The Bertz CT molecular complexity index is 528. The average Bonchev–Trinajstić information content (AvgIpc) is 2.87. The molecule has 3 rings (SSSR count). The topological polar surface area (TPSA) is 76.3 Å². The minimum atomic E-state index is -3.24. The molecular weight excluding hydrogens is 258 g/mol. The predicted molar refractivity (Wildman–Crippen MR) is 68.2 cm³/mol. The summed E-state index contributed by atoms with van der Waals surface area (Å²) in [6.45, 7) is 1.82. The lowest BCUT2D eigenvalue weighted by atomic mass is 10.4. The molecule has 1 aliphatic heterocycles. The molecular formula is C10H15N3O2S2. The van der Waals surface area contributed by atoms with Gasteiger partial charge in [-0.25, -0.2) is 8.42 Å². The zero-order valence-corrected chi connectivity index (χ0v) is 11.1. The van der Waals surface area contributed by atoms with Crippen LogP contribution in [0.5, 0.6) is 0 Å². The summed E-state index contributed by atoms with van der Waals surface area (Å²) in [7, 11) is -3.24. The number of sulfone groups is 1. The van der Waals surface area contributed by atoms with E-state index in [1.54, 1.807) is 0 Å². The zero-order valence-electron chi connectivity index (χ0n) is 9.42. The third kappa shape index (κ3) is 1.81. The van der Waals surface area contributed by atoms with Gasteiger partial charge in [0, 0.05) is 13.1 Å². The van der Waals surface area contributed by atoms with E-state index in [1.165, 1.54) is 11.5 Å². The van der Waals surface area contributed by atoms with Crippen LogP contribution in [0, 0.1) is 0 Å². The molecule has 7 heteroatoms. The Hall–Kier alpha value is -0.820. The van der Waals surface area contributed by atoms with Gasteiger partial charge in [0.1, 0.15) is 9.90 Å². The fraction of sp³-hybridized carbons (Fsp3) is 0.700. The summed E-state index contributed by atoms with van der Waals surface area (Å²) >= 11 is 1.22. The largest absolute Gasteiger partial charge is 0.382 e. The summed E-state index contributed by atoms with van der Waals surface area (Å²) in [5.74, 6) is 0.184. The second kappa shape index (κ2) is 3.84. The summed E-state index contributed by atoms with van der Waals surface area (Å²) in [6, 6.07) is 0. The summed E-state index contributed by atoms with van der Waals surface area (Å²) < 4.78 is 28.7. The third-order valence-corrected chi connectivity index (χ3v) is 6.67. The molecule has 0 unspecified atom stereocenters. The molecule has 0 radical (unpaired) electrons. The number of nitrogen functional groups attached to an aromatic ring is 1. The maximum atomic E-state index is 12.3. The summed E-state index contributed by atoms with van der Waals surface area (Å²) in [6.07, 6.45) is 3.75. The van der Waals surface area contributed by atoms with Crippen molar-refractivity contribution in [1.82, 2.24) is 4.37 Å². The standard InChI is InChI=1S/C10H15N3O2S2/c11-9-8(17(14,15)7-3-4-7)10(16-12-9)13-5-1-2-6-13/h7H,1-6H2,(H2,11,12). The number of nitrogens with zero attached hydrogens (tertiary/aromatic N) is 2. The highest BCUT2D eigenvalue weighted by Crippen LogP contribution is 2.43. The van der Waals surface area contributed by atoms with Crippen LogP contribution in [0.1, 0.15) is 25.7 Å². The fourth-order valence-corrected chi connectivity index (χ4v) is 5.30. The highest BCUT2D eigenvalue weighted by Gasteiger charge is 2.41. The summed E-state index contributed by atoms with van der Waals surface area (Å²) in [4.78, 5) is 2.40. The molecule has 1 aromatic heterocycles. The average molecular weight is 273 g/mol. The molecule has 0 amide bonds. The number of anilines is 2. The smallest absolute Gasteiger partial charge is 0.187 e. The van der Waals surface area contributed by atoms with Crippen LogP contribution in [-0.2, 0) is 9.84 Å². The first kappa shape index (κ1) is 11.3. The van der Waals surface area contributed by atoms with Gasteiger partial charge < -0.3 is 10.6 Å². The number of rotatable bonds is 3. The van der Waals surface area contributed by atoms with Gasteiger partial charge in [-0.3, -0.25) is 0 Å². The van der Waals surface area contributed by atoms with E-state index in [4.69, 9.17) is 5.73 Å². The highest BCUT2D eigenvalue weighted by molar-refractivity contribution is 7.92. The van der Waals surface area contributed by atoms with E-state index in [2.05, 4.69) is 9.27 Å². The van der Waals surface area contributed by atoms with E-state index in [-0.39, 0.29) is 11.1 Å². The van der Waals surface area contributed by atoms with Gasteiger partial charge >= 0.3 is 0 Å². The van der Waals surface area contributed by atoms with Gasteiger partial charge in [0.15, 0.2) is 15.7 Å². The lowest BCUT2D eigenvalue weighted by Gasteiger charge is -2.16. The molecule has 1 saturated carbocycles. The maximum Gasteiger partial charge on any atom is 0.187 e. The first-order chi connectivity index (χ1) is 8.10. The van der Waals surface area contributed by atoms with Gasteiger partial charge in [0.05, 0.1) is 5.25 Å². The minimum absolute atomic E-state index is 0.184. The van der Waals surface area contributed by atoms with E-state index in [9.17, 15) is 8.42 Å². The molecule has 94 valence electrons. The van der Waals surface area contributed by atoms with Gasteiger partial charge in [-0.1, -0.05) is 0 Å². The molecule has 0 atom stereocenters. The van der Waals surface area contributed by atoms with Crippen molar-refractivity contribution in [2.24, 2.45) is 0 Å². The fourth-order valence-electron chi connectivity index (χ4n) is 2.22. The quantitative estimate of drug-likeness (QED) is 0.897. The van der Waals surface area contributed by atoms with Gasteiger partial charge in [0.2, 0.25) is 0 Å². The first-order valence-electron chi connectivity index (χ1n) is 5.84. The van der Waals surface area contributed by atoms with Crippen LogP contribution < -0.4 is 10.6 Å². The van der Waals surface area contributed by atoms with E-state index < -0.39 is 9.84 Å². The van der Waals surface area contributed by atoms with Crippen LogP contribution in [0.4, 0.5) is 10.8 Å². The van der Waals surface area contributed by atoms with Crippen molar-refractivity contribution in [1.29, 1.82) is 0 Å². The Morgan fingerprint density at radius 1 is 1.29 bits per heavy atom. The molecule has 1 aliphatic carbocycles. The molecule has 5 nitrogen and oxygen atoms in total. The van der Waals surface area contributed by atoms with Crippen molar-refractivity contribution in [2.45, 2.75) is 35.8 Å². The van der Waals surface area contributed by atoms with Gasteiger partial charge in [0.25, 0.3) is 0 Å². The summed E-state index contributed by atoms with van der Waals surface area (Å²) in [5, 5.41) is 0.537. The van der Waals surface area contributed by atoms with Crippen molar-refractivity contribution in [3.63, 3.8) is 0 Å². The van der Waals surface area contributed by atoms with E-state index in [0.717, 1.165) is 43.8 Å². The summed E-state index contributed by atoms with van der Waals surface area (Å²) in [5.41, 5.74) is 5.75. The van der Waals surface area contributed by atoms with E-state index in [1.807, 2.05) is 0 Å². The lowest BCUT2D eigenvalue weighted by Crippen LogP contribution is -2.20. The normalized spacial score (nSPS) is 21.1. The number of nitrogens with two attached hydrogens (primary N) is 1. The third-order valence-electron chi connectivity index (χ3n) is 3.30. The number of hydrogen-bond donors (Lipinski definition) is 1. The Kier molecular flexibility index (Phi) is 2.55. The highest BCUT2D eigenvalue weighted by atomic mass is 32.2. The van der Waals surface area contributed by atoms with Crippen LogP contribution >= 0.6 is 11.5 Å². The van der Waals surface area contributed by atoms with Crippen molar-refractivity contribution in [3.8, 4) is 0 Å². The monoisotopic (exact) mass is 273 g/mol. The zero-order chi connectivity index (χ0) is 12.0. The van der Waals surface area contributed by atoms with Crippen LogP contribution in [0.2, 0.25) is 0 Å². The molecule has 1 aromatic rings. The second-order valence-electron chi connectivity index (χ2n) is 4.64. The number of aromatic nitrogens is 1. The SMILES string of the molecule is Nc1nsc(N2CCCC2)c1S(=O)(=O)C1CC1. The Morgan fingerprint density at radius 3 is 2.53 bits per heavy atom. The minimum Gasteiger partial charge on any atom is -0.382 e. The predicted octanol–water partition coefficient (Wildman–Crippen LogP) is 1.26. The molecule has 0 bridgehead atoms. The Labute approximate surface area is 105 Å². The lowest BCUT2D eigenvalue weighted by molar-refractivity contribution is 0.595. The van der Waals surface area contributed by atoms with Crippen LogP contribution in [0.3, 0.4) is 0 Å². The van der Waals surface area contributed by atoms with Crippen molar-refractivity contribution < 1.29 is 8.42 Å². The Balaban J connectivity index is 2.05. The van der Waals surface area contributed by atoms with Gasteiger partial charge in [-0.05, 0) is 37.2 Å². The molecule has 0 aromatic carbocycles.